The molecular formula is C28H23NO3S. The summed E-state index contributed by atoms with van der Waals surface area (Å²) in [5.41, 5.74) is 1.63. The van der Waals surface area contributed by atoms with Crippen molar-refractivity contribution in [3.8, 4) is 0 Å². The number of carbonyl (C=O) groups excluding carboxylic acids is 1. The summed E-state index contributed by atoms with van der Waals surface area (Å²) in [4.78, 5) is 13.5. The van der Waals surface area contributed by atoms with E-state index in [4.69, 9.17) is 0 Å². The maximum absolute atomic E-state index is 13.7. The van der Waals surface area contributed by atoms with Gasteiger partial charge in [0, 0.05) is 0 Å². The number of amides is 1. The van der Waals surface area contributed by atoms with E-state index in [0.29, 0.717) is 0 Å². The lowest BCUT2D eigenvalue weighted by molar-refractivity contribution is -0.134. The third-order valence-corrected chi connectivity index (χ3v) is 8.42. The third kappa shape index (κ3) is 3.36. The number of benzene rings is 4. The molecule has 2 atom stereocenters. The standard InChI is InChI=1S/C28H23NO3S/c30-26-25(27(29-26)33(31,32)24-19-11-4-12-20-24)28(21-13-5-1-6-14-21,22-15-7-2-8-16-22)23-17-9-3-10-18-23/h1-20,25,27H,(H,29,30)/t25-,27+/m0/s1. The molecule has 1 amide bonds. The molecule has 0 aromatic heterocycles. The lowest BCUT2D eigenvalue weighted by atomic mass is 9.59. The molecule has 0 saturated carbocycles. The van der Waals surface area contributed by atoms with E-state index in [1.165, 1.54) is 0 Å². The molecule has 1 heterocycles. The smallest absolute Gasteiger partial charge is 0.228 e. The van der Waals surface area contributed by atoms with Gasteiger partial charge in [-0.3, -0.25) is 4.79 Å². The highest BCUT2D eigenvalue weighted by molar-refractivity contribution is 7.92. The van der Waals surface area contributed by atoms with Gasteiger partial charge in [-0.15, -0.1) is 0 Å². The summed E-state index contributed by atoms with van der Waals surface area (Å²) < 4.78 is 27.4. The average Bonchev–Trinajstić information content (AvgIpc) is 2.87. The van der Waals surface area contributed by atoms with Gasteiger partial charge in [-0.25, -0.2) is 8.42 Å². The predicted molar refractivity (Wildman–Crippen MR) is 128 cm³/mol. The minimum atomic E-state index is -3.82. The van der Waals surface area contributed by atoms with Gasteiger partial charge < -0.3 is 5.32 Å². The molecule has 1 fully saturated rings. The van der Waals surface area contributed by atoms with Crippen LogP contribution in [0.15, 0.2) is 126 Å². The molecule has 1 N–H and O–H groups in total. The van der Waals surface area contributed by atoms with Gasteiger partial charge in [-0.05, 0) is 28.8 Å². The summed E-state index contributed by atoms with van der Waals surface area (Å²) in [5, 5.41) is 1.66. The second-order valence-electron chi connectivity index (χ2n) is 8.17. The summed E-state index contributed by atoms with van der Waals surface area (Å²) in [7, 11) is -3.82. The maximum Gasteiger partial charge on any atom is 0.228 e. The minimum Gasteiger partial charge on any atom is -0.338 e. The summed E-state index contributed by atoms with van der Waals surface area (Å²) in [6.07, 6.45) is 0. The molecule has 0 bridgehead atoms. The molecule has 0 unspecified atom stereocenters. The van der Waals surface area contributed by atoms with E-state index in [0.717, 1.165) is 16.7 Å². The van der Waals surface area contributed by atoms with Crippen LogP contribution in [-0.4, -0.2) is 19.7 Å². The molecule has 4 nitrogen and oxygen atoms in total. The fraction of sp³-hybridized carbons (Fsp3) is 0.107. The number of hydrogen-bond donors (Lipinski definition) is 1. The van der Waals surface area contributed by atoms with Crippen LogP contribution in [0.5, 0.6) is 0 Å². The lowest BCUT2D eigenvalue weighted by Gasteiger charge is -2.50. The molecule has 1 aliphatic heterocycles. The van der Waals surface area contributed by atoms with Crippen molar-refractivity contribution in [3.63, 3.8) is 0 Å². The van der Waals surface area contributed by atoms with E-state index >= 15 is 0 Å². The first-order valence-electron chi connectivity index (χ1n) is 10.8. The van der Waals surface area contributed by atoms with Crippen molar-refractivity contribution < 1.29 is 13.2 Å². The van der Waals surface area contributed by atoms with E-state index in [2.05, 4.69) is 5.32 Å². The van der Waals surface area contributed by atoms with Gasteiger partial charge in [-0.1, -0.05) is 109 Å². The fourth-order valence-electron chi connectivity index (χ4n) is 4.93. The van der Waals surface area contributed by atoms with Gasteiger partial charge in [-0.2, -0.15) is 0 Å². The van der Waals surface area contributed by atoms with Crippen molar-refractivity contribution in [1.29, 1.82) is 0 Å². The van der Waals surface area contributed by atoms with Crippen LogP contribution in [0.25, 0.3) is 0 Å². The Labute approximate surface area is 193 Å². The highest BCUT2D eigenvalue weighted by Gasteiger charge is 2.60. The van der Waals surface area contributed by atoms with E-state index in [-0.39, 0.29) is 10.8 Å². The fourth-order valence-corrected chi connectivity index (χ4v) is 6.72. The Kier molecular flexibility index (Phi) is 5.35. The van der Waals surface area contributed by atoms with Gasteiger partial charge in [0.1, 0.15) is 5.37 Å². The van der Waals surface area contributed by atoms with Crippen molar-refractivity contribution in [3.05, 3.63) is 138 Å². The minimum absolute atomic E-state index is 0.197. The summed E-state index contributed by atoms with van der Waals surface area (Å²) in [6, 6.07) is 37.4. The largest absolute Gasteiger partial charge is 0.338 e. The Balaban J connectivity index is 1.80. The Hall–Kier alpha value is -3.70. The van der Waals surface area contributed by atoms with Crippen molar-refractivity contribution >= 4 is 15.7 Å². The van der Waals surface area contributed by atoms with Crippen molar-refractivity contribution in [2.24, 2.45) is 5.92 Å². The lowest BCUT2D eigenvalue weighted by Crippen LogP contribution is -2.68. The maximum atomic E-state index is 13.7. The number of sulfone groups is 1. The van der Waals surface area contributed by atoms with Crippen LogP contribution in [0.4, 0.5) is 0 Å². The predicted octanol–water partition coefficient (Wildman–Crippen LogP) is 4.57. The molecule has 1 saturated heterocycles. The Morgan fingerprint density at radius 3 is 1.30 bits per heavy atom. The first-order chi connectivity index (χ1) is 16.1. The summed E-state index contributed by atoms with van der Waals surface area (Å²) >= 11 is 0. The molecule has 4 aromatic rings. The Morgan fingerprint density at radius 2 is 0.939 bits per heavy atom. The molecule has 33 heavy (non-hydrogen) atoms. The van der Waals surface area contributed by atoms with Gasteiger partial charge in [0.25, 0.3) is 0 Å². The van der Waals surface area contributed by atoms with Crippen LogP contribution in [0.1, 0.15) is 16.7 Å². The second kappa shape index (κ2) is 8.34. The molecule has 5 heteroatoms. The SMILES string of the molecule is O=C1N[C@H](S(=O)(=O)c2ccccc2)[C@H]1C(c1ccccc1)(c1ccccc1)c1ccccc1. The second-order valence-corrected chi connectivity index (χ2v) is 10.2. The molecular weight excluding hydrogens is 430 g/mol. The highest BCUT2D eigenvalue weighted by Crippen LogP contribution is 2.50. The number of β-lactam (4-membered cyclic amide) rings is 1. The van der Waals surface area contributed by atoms with Crippen LogP contribution in [0.2, 0.25) is 0 Å². The van der Waals surface area contributed by atoms with Gasteiger partial charge in [0.05, 0.1) is 16.2 Å². The molecule has 4 aromatic carbocycles. The Morgan fingerprint density at radius 1 is 0.576 bits per heavy atom. The summed E-state index contributed by atoms with van der Waals surface area (Å²) in [6.45, 7) is 0. The first-order valence-corrected chi connectivity index (χ1v) is 12.4. The zero-order valence-corrected chi connectivity index (χ0v) is 18.7. The number of hydrogen-bond acceptors (Lipinski definition) is 3. The van der Waals surface area contributed by atoms with Crippen LogP contribution < -0.4 is 5.32 Å². The Bertz CT molecular complexity index is 1260. The van der Waals surface area contributed by atoms with E-state index in [1.54, 1.807) is 30.3 Å². The van der Waals surface area contributed by atoms with Crippen LogP contribution >= 0.6 is 0 Å². The van der Waals surface area contributed by atoms with Crippen molar-refractivity contribution in [1.82, 2.24) is 5.32 Å². The number of carbonyl (C=O) groups is 1. The van der Waals surface area contributed by atoms with E-state index < -0.39 is 26.5 Å². The van der Waals surface area contributed by atoms with Gasteiger partial charge in [0.15, 0.2) is 9.84 Å². The number of rotatable bonds is 6. The van der Waals surface area contributed by atoms with Gasteiger partial charge >= 0.3 is 0 Å². The van der Waals surface area contributed by atoms with Crippen molar-refractivity contribution in [2.75, 3.05) is 0 Å². The molecule has 0 spiro atoms. The quantitative estimate of drug-likeness (QED) is 0.344. The monoisotopic (exact) mass is 453 g/mol. The van der Waals surface area contributed by atoms with Gasteiger partial charge in [0.2, 0.25) is 5.91 Å². The average molecular weight is 454 g/mol. The van der Waals surface area contributed by atoms with Crippen molar-refractivity contribution in [2.45, 2.75) is 15.7 Å². The third-order valence-electron chi connectivity index (χ3n) is 6.43. The zero-order chi connectivity index (χ0) is 22.9. The molecule has 0 radical (unpaired) electrons. The van der Waals surface area contributed by atoms with Crippen LogP contribution in [-0.2, 0) is 20.0 Å². The highest BCUT2D eigenvalue weighted by atomic mass is 32.2. The molecule has 0 aliphatic carbocycles. The zero-order valence-electron chi connectivity index (χ0n) is 17.8. The first kappa shape index (κ1) is 21.2. The molecule has 5 rings (SSSR count). The molecule has 1 aliphatic rings. The molecule has 164 valence electrons. The topological polar surface area (TPSA) is 63.2 Å². The summed E-state index contributed by atoms with van der Waals surface area (Å²) in [5.74, 6) is -1.13. The van der Waals surface area contributed by atoms with E-state index in [9.17, 15) is 13.2 Å². The normalized spacial score (nSPS) is 18.2. The van der Waals surface area contributed by atoms with E-state index in [1.807, 2.05) is 91.0 Å². The van der Waals surface area contributed by atoms with Crippen LogP contribution in [0.3, 0.4) is 0 Å². The number of nitrogens with one attached hydrogen (secondary N) is 1. The van der Waals surface area contributed by atoms with Crippen LogP contribution in [0, 0.1) is 5.92 Å².